The minimum atomic E-state index is -0.354. The maximum Gasteiger partial charge on any atom is 0.271 e. The van der Waals surface area contributed by atoms with E-state index in [0.717, 1.165) is 17.7 Å². The van der Waals surface area contributed by atoms with Crippen LogP contribution in [0.5, 0.6) is 0 Å². The number of nitrogen functional groups attached to an aromatic ring is 1. The van der Waals surface area contributed by atoms with Gasteiger partial charge in [-0.15, -0.1) is 0 Å². The Hall–Kier alpha value is -2.08. The number of pyridine rings is 1. The van der Waals surface area contributed by atoms with Gasteiger partial charge in [-0.25, -0.2) is 4.98 Å². The molecule has 0 fully saturated rings. The fourth-order valence-corrected chi connectivity index (χ4v) is 2.10. The van der Waals surface area contributed by atoms with E-state index in [0.29, 0.717) is 6.54 Å². The van der Waals surface area contributed by atoms with Gasteiger partial charge in [-0.05, 0) is 18.6 Å². The van der Waals surface area contributed by atoms with Crippen molar-refractivity contribution >= 4 is 23.3 Å². The van der Waals surface area contributed by atoms with Crippen molar-refractivity contribution in [3.63, 3.8) is 0 Å². The highest BCUT2D eigenvalue weighted by Crippen LogP contribution is 2.15. The van der Waals surface area contributed by atoms with Crippen molar-refractivity contribution in [1.82, 2.24) is 20.1 Å². The average molecular weight is 294 g/mol. The molecule has 20 heavy (non-hydrogen) atoms. The molecule has 1 amide bonds. The molecule has 0 unspecified atom stereocenters. The van der Waals surface area contributed by atoms with E-state index in [9.17, 15) is 4.79 Å². The van der Waals surface area contributed by atoms with Crippen LogP contribution < -0.4 is 11.1 Å². The molecule has 0 aromatic carbocycles. The molecule has 7 heteroatoms. The second-order valence-corrected chi connectivity index (χ2v) is 4.78. The van der Waals surface area contributed by atoms with Crippen LogP contribution in [0.1, 0.15) is 28.7 Å². The number of hydrogen-bond donors (Lipinski definition) is 2. The van der Waals surface area contributed by atoms with Crippen molar-refractivity contribution in [2.75, 3.05) is 5.73 Å². The molecular formula is C13H16ClN5O. The van der Waals surface area contributed by atoms with E-state index in [1.54, 1.807) is 16.8 Å². The molecule has 3 N–H and O–H groups in total. The van der Waals surface area contributed by atoms with Gasteiger partial charge in [0.25, 0.3) is 5.91 Å². The third kappa shape index (κ3) is 3.08. The van der Waals surface area contributed by atoms with Crippen LogP contribution >= 0.6 is 11.6 Å². The summed E-state index contributed by atoms with van der Waals surface area (Å²) >= 11 is 5.94. The second-order valence-electron chi connectivity index (χ2n) is 4.38. The van der Waals surface area contributed by atoms with Gasteiger partial charge in [0.2, 0.25) is 0 Å². The predicted octanol–water partition coefficient (Wildman–Crippen LogP) is 1.54. The van der Waals surface area contributed by atoms with Crippen LogP contribution in [0, 0.1) is 0 Å². The first kappa shape index (κ1) is 14.3. The summed E-state index contributed by atoms with van der Waals surface area (Å²) in [5, 5.41) is 7.37. The van der Waals surface area contributed by atoms with E-state index in [-0.39, 0.29) is 22.4 Å². The average Bonchev–Trinajstić information content (AvgIpc) is 2.79. The van der Waals surface area contributed by atoms with Crippen LogP contribution in [-0.4, -0.2) is 20.7 Å². The van der Waals surface area contributed by atoms with Crippen molar-refractivity contribution < 1.29 is 4.79 Å². The number of nitrogens with zero attached hydrogens (tertiary/aromatic N) is 3. The molecule has 0 saturated carbocycles. The number of anilines is 1. The molecule has 2 heterocycles. The summed E-state index contributed by atoms with van der Waals surface area (Å²) in [5.74, 6) is -0.0941. The first-order valence-corrected chi connectivity index (χ1v) is 6.60. The van der Waals surface area contributed by atoms with Crippen LogP contribution in [0.4, 0.5) is 5.82 Å². The van der Waals surface area contributed by atoms with Crippen molar-refractivity contribution in [2.24, 2.45) is 7.05 Å². The normalized spacial score (nSPS) is 10.6. The number of carbonyl (C=O) groups is 1. The number of aromatic nitrogens is 3. The van der Waals surface area contributed by atoms with Crippen LogP contribution in [0.3, 0.4) is 0 Å². The summed E-state index contributed by atoms with van der Waals surface area (Å²) < 4.78 is 1.73. The smallest absolute Gasteiger partial charge is 0.271 e. The van der Waals surface area contributed by atoms with Crippen molar-refractivity contribution in [1.29, 1.82) is 0 Å². The largest absolute Gasteiger partial charge is 0.384 e. The Kier molecular flexibility index (Phi) is 4.24. The van der Waals surface area contributed by atoms with Gasteiger partial charge >= 0.3 is 0 Å². The lowest BCUT2D eigenvalue weighted by Gasteiger charge is -2.06. The molecule has 2 aromatic heterocycles. The van der Waals surface area contributed by atoms with E-state index in [1.807, 2.05) is 20.2 Å². The lowest BCUT2D eigenvalue weighted by Crippen LogP contribution is -2.24. The molecule has 0 atom stereocenters. The number of halogens is 1. The Bertz CT molecular complexity index is 638. The van der Waals surface area contributed by atoms with Crippen molar-refractivity contribution in [2.45, 2.75) is 19.9 Å². The van der Waals surface area contributed by atoms with Crippen LogP contribution in [0.15, 0.2) is 18.3 Å². The quantitative estimate of drug-likeness (QED) is 0.895. The lowest BCUT2D eigenvalue weighted by molar-refractivity contribution is 0.0946. The Morgan fingerprint density at radius 1 is 1.50 bits per heavy atom. The number of nitrogens with two attached hydrogens (primary N) is 1. The van der Waals surface area contributed by atoms with Gasteiger partial charge in [0.1, 0.15) is 11.5 Å². The maximum absolute atomic E-state index is 12.1. The molecule has 0 bridgehead atoms. The zero-order valence-corrected chi connectivity index (χ0v) is 12.1. The Morgan fingerprint density at radius 3 is 2.95 bits per heavy atom. The molecule has 0 aliphatic heterocycles. The fourth-order valence-electron chi connectivity index (χ4n) is 1.90. The lowest BCUT2D eigenvalue weighted by atomic mass is 10.2. The molecular weight excluding hydrogens is 278 g/mol. The summed E-state index contributed by atoms with van der Waals surface area (Å²) in [7, 11) is 1.85. The Labute approximate surface area is 121 Å². The summed E-state index contributed by atoms with van der Waals surface area (Å²) in [6.07, 6.45) is 2.69. The summed E-state index contributed by atoms with van der Waals surface area (Å²) in [4.78, 5) is 16.0. The number of aryl methyl sites for hydroxylation is 2. The van der Waals surface area contributed by atoms with E-state index < -0.39 is 0 Å². The van der Waals surface area contributed by atoms with E-state index in [1.165, 1.54) is 0 Å². The standard InChI is InChI=1S/C13H16ClN5O/c1-3-10-8(7-19(2)18-10)6-16-13(20)12-9(14)4-5-11(15)17-12/h4-5,7H,3,6H2,1-2H3,(H2,15,17)(H,16,20). The molecule has 2 rings (SSSR count). The van der Waals surface area contributed by atoms with Gasteiger partial charge in [0.05, 0.1) is 10.7 Å². The molecule has 0 spiro atoms. The molecule has 0 aliphatic carbocycles. The Morgan fingerprint density at radius 2 is 2.25 bits per heavy atom. The van der Waals surface area contributed by atoms with Gasteiger partial charge in [-0.2, -0.15) is 5.10 Å². The summed E-state index contributed by atoms with van der Waals surface area (Å²) in [6, 6.07) is 3.11. The molecule has 0 saturated heterocycles. The highest BCUT2D eigenvalue weighted by molar-refractivity contribution is 6.33. The zero-order chi connectivity index (χ0) is 14.7. The minimum Gasteiger partial charge on any atom is -0.384 e. The van der Waals surface area contributed by atoms with Gasteiger partial charge in [0.15, 0.2) is 0 Å². The predicted molar refractivity (Wildman–Crippen MR) is 77.4 cm³/mol. The SMILES string of the molecule is CCc1nn(C)cc1CNC(=O)c1nc(N)ccc1Cl. The third-order valence-electron chi connectivity index (χ3n) is 2.85. The fraction of sp³-hybridized carbons (Fsp3) is 0.308. The third-order valence-corrected chi connectivity index (χ3v) is 3.15. The minimum absolute atomic E-state index is 0.133. The molecule has 106 valence electrons. The zero-order valence-electron chi connectivity index (χ0n) is 11.4. The number of amides is 1. The molecule has 0 radical (unpaired) electrons. The second kappa shape index (κ2) is 5.92. The molecule has 0 aliphatic rings. The first-order chi connectivity index (χ1) is 9.51. The molecule has 6 nitrogen and oxygen atoms in total. The highest BCUT2D eigenvalue weighted by atomic mass is 35.5. The Balaban J connectivity index is 2.10. The van der Waals surface area contributed by atoms with Crippen molar-refractivity contribution in [3.05, 3.63) is 40.3 Å². The summed E-state index contributed by atoms with van der Waals surface area (Å²) in [5.41, 5.74) is 7.62. The van der Waals surface area contributed by atoms with E-state index >= 15 is 0 Å². The monoisotopic (exact) mass is 293 g/mol. The number of rotatable bonds is 4. The number of hydrogen-bond acceptors (Lipinski definition) is 4. The topological polar surface area (TPSA) is 85.8 Å². The number of carbonyl (C=O) groups excluding carboxylic acids is 1. The van der Waals surface area contributed by atoms with Crippen LogP contribution in [0.25, 0.3) is 0 Å². The van der Waals surface area contributed by atoms with Gasteiger partial charge in [0, 0.05) is 25.4 Å². The molecule has 2 aromatic rings. The van der Waals surface area contributed by atoms with Gasteiger partial charge < -0.3 is 11.1 Å². The first-order valence-electron chi connectivity index (χ1n) is 6.23. The van der Waals surface area contributed by atoms with E-state index in [2.05, 4.69) is 15.4 Å². The van der Waals surface area contributed by atoms with Gasteiger partial charge in [-0.1, -0.05) is 18.5 Å². The highest BCUT2D eigenvalue weighted by Gasteiger charge is 2.14. The maximum atomic E-state index is 12.1. The van der Waals surface area contributed by atoms with Crippen LogP contribution in [-0.2, 0) is 20.0 Å². The van der Waals surface area contributed by atoms with Crippen molar-refractivity contribution in [3.8, 4) is 0 Å². The summed E-state index contributed by atoms with van der Waals surface area (Å²) in [6.45, 7) is 2.40. The number of nitrogens with one attached hydrogen (secondary N) is 1. The van der Waals surface area contributed by atoms with Gasteiger partial charge in [-0.3, -0.25) is 9.48 Å². The van der Waals surface area contributed by atoms with Crippen LogP contribution in [0.2, 0.25) is 5.02 Å². The van der Waals surface area contributed by atoms with E-state index in [4.69, 9.17) is 17.3 Å².